The number of amides is 1. The summed E-state index contributed by atoms with van der Waals surface area (Å²) in [5.74, 6) is -0.0248. The summed E-state index contributed by atoms with van der Waals surface area (Å²) < 4.78 is 1.78. The molecule has 1 amide bonds. The molecule has 1 saturated heterocycles. The number of piperazine rings is 1. The lowest BCUT2D eigenvalue weighted by Gasteiger charge is -2.31. The highest BCUT2D eigenvalue weighted by molar-refractivity contribution is 5.92. The lowest BCUT2D eigenvalue weighted by molar-refractivity contribution is 0.0658. The van der Waals surface area contributed by atoms with Crippen LogP contribution in [-0.4, -0.2) is 63.9 Å². The van der Waals surface area contributed by atoms with Gasteiger partial charge >= 0.3 is 0 Å². The number of nitrogens with zero attached hydrogens (tertiary/aromatic N) is 5. The minimum atomic E-state index is -0.0248. The van der Waals surface area contributed by atoms with E-state index in [1.165, 1.54) is 16.7 Å². The molecule has 0 bridgehead atoms. The van der Waals surface area contributed by atoms with Gasteiger partial charge in [0.2, 0.25) is 0 Å². The van der Waals surface area contributed by atoms with Gasteiger partial charge in [0, 0.05) is 26.2 Å². The Labute approximate surface area is 174 Å². The van der Waals surface area contributed by atoms with Crippen LogP contribution in [0, 0.1) is 0 Å². The largest absolute Gasteiger partial charge is 0.335 e. The molecule has 0 N–H and O–H groups in total. The van der Waals surface area contributed by atoms with Crippen molar-refractivity contribution >= 4 is 5.91 Å². The van der Waals surface area contributed by atoms with Gasteiger partial charge in [0.15, 0.2) is 5.69 Å². The fourth-order valence-corrected chi connectivity index (χ4v) is 3.48. The third-order valence-corrected chi connectivity index (χ3v) is 5.62. The number of aromatic nitrogens is 3. The van der Waals surface area contributed by atoms with E-state index >= 15 is 0 Å². The van der Waals surface area contributed by atoms with Gasteiger partial charge < -0.3 is 9.80 Å². The van der Waals surface area contributed by atoms with Crippen molar-refractivity contribution in [1.29, 1.82) is 0 Å². The molecule has 1 aromatic carbocycles. The normalized spacial score (nSPS) is 16.3. The van der Waals surface area contributed by atoms with Crippen LogP contribution in [0.1, 0.15) is 68.7 Å². The summed E-state index contributed by atoms with van der Waals surface area (Å²) in [6, 6.07) is 6.81. The van der Waals surface area contributed by atoms with E-state index in [-0.39, 0.29) is 16.7 Å². The molecule has 158 valence electrons. The number of carbonyl (C=O) groups excluding carboxylic acids is 1. The summed E-state index contributed by atoms with van der Waals surface area (Å²) in [6.45, 7) is 17.3. The molecular formula is C23H35N5O. The zero-order valence-corrected chi connectivity index (χ0v) is 19.0. The minimum absolute atomic E-state index is 0.0248. The van der Waals surface area contributed by atoms with Gasteiger partial charge in [-0.2, -0.15) is 0 Å². The molecule has 0 unspecified atom stereocenters. The van der Waals surface area contributed by atoms with Crippen LogP contribution in [-0.2, 0) is 17.4 Å². The quantitative estimate of drug-likeness (QED) is 0.797. The maximum Gasteiger partial charge on any atom is 0.276 e. The van der Waals surface area contributed by atoms with Crippen molar-refractivity contribution in [3.05, 3.63) is 46.8 Å². The predicted molar refractivity (Wildman–Crippen MR) is 116 cm³/mol. The van der Waals surface area contributed by atoms with Crippen molar-refractivity contribution in [3.8, 4) is 0 Å². The first-order chi connectivity index (χ1) is 13.4. The zero-order chi connectivity index (χ0) is 21.4. The molecule has 3 rings (SSSR count). The summed E-state index contributed by atoms with van der Waals surface area (Å²) in [6.07, 6.45) is 1.78. The van der Waals surface area contributed by atoms with Crippen LogP contribution >= 0.6 is 0 Å². The third-order valence-electron chi connectivity index (χ3n) is 5.62. The van der Waals surface area contributed by atoms with Gasteiger partial charge in [-0.05, 0) is 34.6 Å². The maximum atomic E-state index is 12.7. The highest BCUT2D eigenvalue weighted by atomic mass is 16.2. The first kappa shape index (κ1) is 21.5. The highest BCUT2D eigenvalue weighted by Crippen LogP contribution is 2.30. The van der Waals surface area contributed by atoms with Crippen molar-refractivity contribution in [2.24, 2.45) is 0 Å². The molecule has 0 aliphatic carbocycles. The van der Waals surface area contributed by atoms with Crippen LogP contribution < -0.4 is 0 Å². The van der Waals surface area contributed by atoms with Crippen LogP contribution in [0.15, 0.2) is 24.4 Å². The molecule has 0 radical (unpaired) electrons. The van der Waals surface area contributed by atoms with E-state index in [1.54, 1.807) is 10.9 Å². The summed E-state index contributed by atoms with van der Waals surface area (Å²) in [4.78, 5) is 16.8. The Kier molecular flexibility index (Phi) is 5.86. The van der Waals surface area contributed by atoms with Gasteiger partial charge in [-0.25, -0.2) is 4.68 Å². The van der Waals surface area contributed by atoms with Gasteiger partial charge in [0.1, 0.15) is 0 Å². The molecule has 1 aliphatic heterocycles. The maximum absolute atomic E-state index is 12.7. The van der Waals surface area contributed by atoms with Crippen LogP contribution in [0.3, 0.4) is 0 Å². The molecule has 6 heteroatoms. The summed E-state index contributed by atoms with van der Waals surface area (Å²) in [5.41, 5.74) is 4.38. The molecule has 2 aromatic rings. The molecule has 0 spiro atoms. The SMILES string of the molecule is CN1CCN(C(=O)c2cn(Cc3cc(C(C)(C)C)cc(C(C)(C)C)c3)nn2)CC1. The second-order valence-corrected chi connectivity index (χ2v) is 10.3. The lowest BCUT2D eigenvalue weighted by Crippen LogP contribution is -2.47. The van der Waals surface area contributed by atoms with E-state index in [2.05, 4.69) is 82.0 Å². The topological polar surface area (TPSA) is 54.3 Å². The minimum Gasteiger partial charge on any atom is -0.335 e. The van der Waals surface area contributed by atoms with E-state index in [0.29, 0.717) is 12.2 Å². The smallest absolute Gasteiger partial charge is 0.276 e. The number of hydrogen-bond donors (Lipinski definition) is 0. The average molecular weight is 398 g/mol. The molecule has 6 nitrogen and oxygen atoms in total. The van der Waals surface area contributed by atoms with Crippen molar-refractivity contribution < 1.29 is 4.79 Å². The Bertz CT molecular complexity index is 832. The summed E-state index contributed by atoms with van der Waals surface area (Å²) in [5, 5.41) is 8.39. The van der Waals surface area contributed by atoms with Crippen molar-refractivity contribution in [3.63, 3.8) is 0 Å². The van der Waals surface area contributed by atoms with Crippen molar-refractivity contribution in [2.45, 2.75) is 58.9 Å². The number of benzene rings is 1. The van der Waals surface area contributed by atoms with Gasteiger partial charge in [0.25, 0.3) is 5.91 Å². The van der Waals surface area contributed by atoms with Gasteiger partial charge in [0.05, 0.1) is 12.7 Å². The van der Waals surface area contributed by atoms with Crippen molar-refractivity contribution in [2.75, 3.05) is 33.2 Å². The Hall–Kier alpha value is -2.21. The zero-order valence-electron chi connectivity index (χ0n) is 19.0. The molecule has 1 aliphatic rings. The fourth-order valence-electron chi connectivity index (χ4n) is 3.48. The average Bonchev–Trinajstić information content (AvgIpc) is 3.08. The first-order valence-electron chi connectivity index (χ1n) is 10.5. The highest BCUT2D eigenvalue weighted by Gasteiger charge is 2.23. The monoisotopic (exact) mass is 397 g/mol. The Morgan fingerprint density at radius 3 is 2.00 bits per heavy atom. The van der Waals surface area contributed by atoms with Crippen LogP contribution in [0.5, 0.6) is 0 Å². The predicted octanol–water partition coefficient (Wildman–Crippen LogP) is 3.31. The molecule has 0 saturated carbocycles. The molecule has 1 fully saturated rings. The number of likely N-dealkylation sites (N-methyl/N-ethyl adjacent to an activating group) is 1. The Morgan fingerprint density at radius 1 is 0.931 bits per heavy atom. The van der Waals surface area contributed by atoms with E-state index in [0.717, 1.165) is 26.2 Å². The molecule has 29 heavy (non-hydrogen) atoms. The van der Waals surface area contributed by atoms with Gasteiger partial charge in [-0.1, -0.05) is 65.0 Å². The van der Waals surface area contributed by atoms with Gasteiger partial charge in [-0.3, -0.25) is 4.79 Å². The number of carbonyl (C=O) groups is 1. The van der Waals surface area contributed by atoms with E-state index in [4.69, 9.17) is 0 Å². The van der Waals surface area contributed by atoms with Crippen LogP contribution in [0.2, 0.25) is 0 Å². The summed E-state index contributed by atoms with van der Waals surface area (Å²) >= 11 is 0. The summed E-state index contributed by atoms with van der Waals surface area (Å²) in [7, 11) is 2.08. The van der Waals surface area contributed by atoms with Crippen LogP contribution in [0.25, 0.3) is 0 Å². The fraction of sp³-hybridized carbons (Fsp3) is 0.609. The lowest BCUT2D eigenvalue weighted by atomic mass is 9.79. The molecular weight excluding hydrogens is 362 g/mol. The Balaban J connectivity index is 1.81. The molecule has 0 atom stereocenters. The Morgan fingerprint density at radius 2 is 1.48 bits per heavy atom. The third kappa shape index (κ3) is 5.24. The van der Waals surface area contributed by atoms with E-state index < -0.39 is 0 Å². The second kappa shape index (κ2) is 7.90. The van der Waals surface area contributed by atoms with Crippen molar-refractivity contribution in [1.82, 2.24) is 24.8 Å². The van der Waals surface area contributed by atoms with E-state index in [9.17, 15) is 4.79 Å². The number of hydrogen-bond acceptors (Lipinski definition) is 4. The first-order valence-corrected chi connectivity index (χ1v) is 10.5. The molecule has 2 heterocycles. The van der Waals surface area contributed by atoms with E-state index in [1.807, 2.05) is 4.90 Å². The second-order valence-electron chi connectivity index (χ2n) is 10.3. The van der Waals surface area contributed by atoms with Gasteiger partial charge in [-0.15, -0.1) is 5.10 Å². The van der Waals surface area contributed by atoms with Crippen LogP contribution in [0.4, 0.5) is 0 Å². The number of rotatable bonds is 3. The standard InChI is InChI=1S/C23H35N5O/c1-22(2,3)18-12-17(13-19(14-18)23(4,5)6)15-28-16-20(24-25-28)21(29)27-10-8-26(7)9-11-27/h12-14,16H,8-11,15H2,1-7H3. The molecule has 1 aromatic heterocycles.